The molecule has 0 fully saturated rings. The van der Waals surface area contributed by atoms with Gasteiger partial charge in [0, 0.05) is 5.69 Å². The zero-order valence-electron chi connectivity index (χ0n) is 14.4. The summed E-state index contributed by atoms with van der Waals surface area (Å²) in [7, 11) is 0. The van der Waals surface area contributed by atoms with Gasteiger partial charge in [-0.1, -0.05) is 32.0 Å². The van der Waals surface area contributed by atoms with Crippen LogP contribution in [-0.4, -0.2) is 10.9 Å². The summed E-state index contributed by atoms with van der Waals surface area (Å²) in [6, 6.07) is 13.3. The van der Waals surface area contributed by atoms with Gasteiger partial charge < -0.3 is 15.1 Å². The fourth-order valence-corrected chi connectivity index (χ4v) is 2.67. The second kappa shape index (κ2) is 7.66. The van der Waals surface area contributed by atoms with Crippen molar-refractivity contribution in [1.29, 1.82) is 0 Å². The van der Waals surface area contributed by atoms with E-state index in [1.807, 2.05) is 6.07 Å². The van der Waals surface area contributed by atoms with Gasteiger partial charge in [0.15, 0.2) is 5.76 Å². The number of para-hydroxylation sites is 1. The summed E-state index contributed by atoms with van der Waals surface area (Å²) in [4.78, 5) is 16.3. The summed E-state index contributed by atoms with van der Waals surface area (Å²) >= 11 is 0. The van der Waals surface area contributed by atoms with Crippen molar-refractivity contribution in [2.24, 2.45) is 0 Å². The summed E-state index contributed by atoms with van der Waals surface area (Å²) in [5, 5.41) is 6.17. The van der Waals surface area contributed by atoms with Crippen molar-refractivity contribution < 1.29 is 9.21 Å². The lowest BCUT2D eigenvalue weighted by Gasteiger charge is -2.15. The molecular weight excluding hydrogens is 314 g/mol. The third-order valence-electron chi connectivity index (χ3n) is 4.02. The van der Waals surface area contributed by atoms with Crippen molar-refractivity contribution in [2.75, 3.05) is 10.6 Å². The Morgan fingerprint density at radius 3 is 2.36 bits per heavy atom. The number of rotatable bonds is 6. The first-order chi connectivity index (χ1) is 12.2. The van der Waals surface area contributed by atoms with E-state index in [0.29, 0.717) is 5.82 Å². The van der Waals surface area contributed by atoms with Gasteiger partial charge in [-0.25, -0.2) is 4.98 Å². The molecule has 0 saturated heterocycles. The molecule has 1 aromatic carbocycles. The maximum absolute atomic E-state index is 12.0. The minimum Gasteiger partial charge on any atom is -0.459 e. The molecule has 128 valence electrons. The highest BCUT2D eigenvalue weighted by atomic mass is 16.3. The van der Waals surface area contributed by atoms with Crippen molar-refractivity contribution in [3.63, 3.8) is 0 Å². The highest BCUT2D eigenvalue weighted by Gasteiger charge is 2.10. The number of carbonyl (C=O) groups excluding carboxylic acids is 1. The number of anilines is 3. The van der Waals surface area contributed by atoms with Crippen LogP contribution in [0.25, 0.3) is 0 Å². The standard InChI is InChI=1S/C20H21N3O2/c1-3-14-7-5-8-15(4-2)19(14)22-16-10-11-18(21-13-16)23-20(24)17-9-6-12-25-17/h5-13,22H,3-4H2,1-2H3,(H,21,23,24). The van der Waals surface area contributed by atoms with Gasteiger partial charge in [-0.3, -0.25) is 4.79 Å². The first-order valence-corrected chi connectivity index (χ1v) is 8.40. The van der Waals surface area contributed by atoms with Crippen molar-refractivity contribution in [3.05, 3.63) is 71.8 Å². The maximum Gasteiger partial charge on any atom is 0.292 e. The van der Waals surface area contributed by atoms with Gasteiger partial charge in [-0.15, -0.1) is 0 Å². The monoisotopic (exact) mass is 335 g/mol. The zero-order chi connectivity index (χ0) is 17.6. The van der Waals surface area contributed by atoms with Crippen LogP contribution >= 0.6 is 0 Å². The lowest BCUT2D eigenvalue weighted by Crippen LogP contribution is -2.12. The number of benzene rings is 1. The Labute approximate surface area is 147 Å². The van der Waals surface area contributed by atoms with Crippen LogP contribution in [-0.2, 0) is 12.8 Å². The first kappa shape index (κ1) is 16.8. The van der Waals surface area contributed by atoms with E-state index in [1.165, 1.54) is 17.4 Å². The lowest BCUT2D eigenvalue weighted by atomic mass is 10.0. The van der Waals surface area contributed by atoms with Gasteiger partial charge in [0.25, 0.3) is 5.91 Å². The second-order valence-corrected chi connectivity index (χ2v) is 5.65. The molecule has 0 aliphatic rings. The van der Waals surface area contributed by atoms with E-state index in [2.05, 4.69) is 47.7 Å². The molecule has 25 heavy (non-hydrogen) atoms. The number of furan rings is 1. The van der Waals surface area contributed by atoms with Crippen molar-refractivity contribution in [3.8, 4) is 0 Å². The quantitative estimate of drug-likeness (QED) is 0.679. The van der Waals surface area contributed by atoms with Gasteiger partial charge in [0.05, 0.1) is 18.1 Å². The Bertz CT molecular complexity index is 818. The van der Waals surface area contributed by atoms with Crippen LogP contribution in [0.15, 0.2) is 59.3 Å². The Morgan fingerprint density at radius 1 is 1.04 bits per heavy atom. The van der Waals surface area contributed by atoms with Crippen molar-refractivity contribution in [2.45, 2.75) is 26.7 Å². The predicted octanol–water partition coefficient (Wildman–Crippen LogP) is 4.80. The molecule has 0 radical (unpaired) electrons. The van der Waals surface area contributed by atoms with E-state index in [-0.39, 0.29) is 11.7 Å². The molecular formula is C20H21N3O2. The van der Waals surface area contributed by atoms with Crippen LogP contribution in [0.1, 0.15) is 35.5 Å². The molecule has 0 saturated carbocycles. The zero-order valence-corrected chi connectivity index (χ0v) is 14.4. The Morgan fingerprint density at radius 2 is 1.80 bits per heavy atom. The summed E-state index contributed by atoms with van der Waals surface area (Å²) in [5.41, 5.74) is 4.57. The minimum absolute atomic E-state index is 0.258. The molecule has 5 nitrogen and oxygen atoms in total. The number of aromatic nitrogens is 1. The van der Waals surface area contributed by atoms with Crippen molar-refractivity contribution in [1.82, 2.24) is 4.98 Å². The minimum atomic E-state index is -0.317. The number of nitrogens with one attached hydrogen (secondary N) is 2. The second-order valence-electron chi connectivity index (χ2n) is 5.65. The lowest BCUT2D eigenvalue weighted by molar-refractivity contribution is 0.0996. The number of amides is 1. The molecule has 0 unspecified atom stereocenters. The van der Waals surface area contributed by atoms with E-state index in [4.69, 9.17) is 4.42 Å². The van der Waals surface area contributed by atoms with Crippen LogP contribution < -0.4 is 10.6 Å². The fourth-order valence-electron chi connectivity index (χ4n) is 2.67. The largest absolute Gasteiger partial charge is 0.459 e. The number of aryl methyl sites for hydroxylation is 2. The first-order valence-electron chi connectivity index (χ1n) is 8.40. The third-order valence-corrected chi connectivity index (χ3v) is 4.02. The number of pyridine rings is 1. The molecule has 0 spiro atoms. The number of carbonyl (C=O) groups is 1. The molecule has 3 rings (SSSR count). The number of hydrogen-bond donors (Lipinski definition) is 2. The van der Waals surface area contributed by atoms with Crippen LogP contribution in [0.4, 0.5) is 17.2 Å². The van der Waals surface area contributed by atoms with Crippen molar-refractivity contribution >= 4 is 23.1 Å². The van der Waals surface area contributed by atoms with E-state index in [0.717, 1.165) is 24.2 Å². The predicted molar refractivity (Wildman–Crippen MR) is 99.4 cm³/mol. The van der Waals surface area contributed by atoms with Gasteiger partial charge in [-0.05, 0) is 48.2 Å². The van der Waals surface area contributed by atoms with Crippen LogP contribution in [0, 0.1) is 0 Å². The van der Waals surface area contributed by atoms with E-state index >= 15 is 0 Å². The summed E-state index contributed by atoms with van der Waals surface area (Å²) in [6.07, 6.45) is 5.09. The van der Waals surface area contributed by atoms with Gasteiger partial charge in [-0.2, -0.15) is 0 Å². The number of nitrogens with zero attached hydrogens (tertiary/aromatic N) is 1. The van der Waals surface area contributed by atoms with E-state index in [9.17, 15) is 4.79 Å². The Balaban J connectivity index is 1.74. The maximum atomic E-state index is 12.0. The molecule has 2 N–H and O–H groups in total. The average molecular weight is 335 g/mol. The average Bonchev–Trinajstić information content (AvgIpc) is 3.18. The smallest absolute Gasteiger partial charge is 0.292 e. The Hall–Kier alpha value is -3.08. The molecule has 0 aliphatic carbocycles. The SMILES string of the molecule is CCc1cccc(CC)c1Nc1ccc(NC(=O)c2ccco2)nc1. The summed E-state index contributed by atoms with van der Waals surface area (Å²) in [6.45, 7) is 4.29. The fraction of sp³-hybridized carbons (Fsp3) is 0.200. The molecule has 2 heterocycles. The van der Waals surface area contributed by atoms with Crippen LogP contribution in [0.5, 0.6) is 0 Å². The van der Waals surface area contributed by atoms with Crippen LogP contribution in [0.2, 0.25) is 0 Å². The highest BCUT2D eigenvalue weighted by molar-refractivity contribution is 6.01. The topological polar surface area (TPSA) is 67.2 Å². The molecule has 0 atom stereocenters. The third kappa shape index (κ3) is 3.88. The summed E-state index contributed by atoms with van der Waals surface area (Å²) < 4.78 is 5.07. The van der Waals surface area contributed by atoms with E-state index in [1.54, 1.807) is 24.4 Å². The van der Waals surface area contributed by atoms with E-state index < -0.39 is 0 Å². The number of hydrogen-bond acceptors (Lipinski definition) is 4. The van der Waals surface area contributed by atoms with Gasteiger partial charge in [0.2, 0.25) is 0 Å². The molecule has 1 amide bonds. The normalized spacial score (nSPS) is 10.5. The van der Waals surface area contributed by atoms with Gasteiger partial charge in [0.1, 0.15) is 5.82 Å². The van der Waals surface area contributed by atoms with Crippen LogP contribution in [0.3, 0.4) is 0 Å². The molecule has 5 heteroatoms. The molecule has 3 aromatic rings. The highest BCUT2D eigenvalue weighted by Crippen LogP contribution is 2.26. The summed E-state index contributed by atoms with van der Waals surface area (Å²) in [5.74, 6) is 0.419. The molecule has 0 bridgehead atoms. The molecule has 2 aromatic heterocycles. The molecule has 0 aliphatic heterocycles. The van der Waals surface area contributed by atoms with Gasteiger partial charge >= 0.3 is 0 Å². The Kier molecular flexibility index (Phi) is 5.14.